The molecule has 3 aromatic carbocycles. The van der Waals surface area contributed by atoms with Crippen molar-refractivity contribution in [2.75, 3.05) is 18.0 Å². The van der Waals surface area contributed by atoms with Crippen LogP contribution in [-0.4, -0.2) is 26.1 Å². The van der Waals surface area contributed by atoms with Crippen molar-refractivity contribution in [1.29, 1.82) is 0 Å². The van der Waals surface area contributed by atoms with Gasteiger partial charge in [-0.3, -0.25) is 4.79 Å². The van der Waals surface area contributed by atoms with Crippen LogP contribution in [0.2, 0.25) is 0 Å². The van der Waals surface area contributed by atoms with Crippen molar-refractivity contribution < 1.29 is 17.2 Å². The number of aromatic nitrogens is 1. The van der Waals surface area contributed by atoms with Crippen molar-refractivity contribution in [3.8, 4) is 0 Å². The van der Waals surface area contributed by atoms with Gasteiger partial charge >= 0.3 is 0 Å². The second-order valence-corrected chi connectivity index (χ2v) is 10.3. The first-order valence-corrected chi connectivity index (χ1v) is 12.8. The average Bonchev–Trinajstić information content (AvgIpc) is 2.83. The number of pyridine rings is 1. The highest BCUT2D eigenvalue weighted by Crippen LogP contribution is 2.28. The second kappa shape index (κ2) is 9.62. The molecule has 0 radical (unpaired) electrons. The van der Waals surface area contributed by atoms with Crippen LogP contribution in [0.3, 0.4) is 0 Å². The van der Waals surface area contributed by atoms with Crippen LogP contribution in [0.5, 0.6) is 0 Å². The standard InChI is InChI=1S/C27H26F2N2O3S/c1-4-30(5-2)25-15-24-22(14-23(25)29)27(32)26(35(33,34)21-12-6-18(3)7-13-21)17-31(24)16-19-8-10-20(28)11-9-19/h6-15,17H,4-5,16H2,1-3H3. The lowest BCUT2D eigenvalue weighted by molar-refractivity contribution is 0.593. The summed E-state index contributed by atoms with van der Waals surface area (Å²) < 4.78 is 57.1. The van der Waals surface area contributed by atoms with Crippen LogP contribution in [0.4, 0.5) is 14.5 Å². The SMILES string of the molecule is CCN(CC)c1cc2c(cc1F)c(=O)c(S(=O)(=O)c1ccc(C)cc1)cn2Cc1ccc(F)cc1. The van der Waals surface area contributed by atoms with Gasteiger partial charge in [-0.15, -0.1) is 0 Å². The lowest BCUT2D eigenvalue weighted by atomic mass is 10.1. The summed E-state index contributed by atoms with van der Waals surface area (Å²) in [6.07, 6.45) is 1.30. The molecule has 4 rings (SSSR count). The molecule has 0 saturated heterocycles. The third kappa shape index (κ3) is 4.71. The van der Waals surface area contributed by atoms with E-state index in [1.165, 1.54) is 30.5 Å². The molecule has 0 atom stereocenters. The van der Waals surface area contributed by atoms with Crippen molar-refractivity contribution in [3.05, 3.63) is 99.8 Å². The summed E-state index contributed by atoms with van der Waals surface area (Å²) >= 11 is 0. The van der Waals surface area contributed by atoms with Crippen LogP contribution >= 0.6 is 0 Å². The normalized spacial score (nSPS) is 11.7. The first-order valence-electron chi connectivity index (χ1n) is 11.3. The number of fused-ring (bicyclic) bond motifs is 1. The first kappa shape index (κ1) is 24.6. The first-order chi connectivity index (χ1) is 16.6. The Kier molecular flexibility index (Phi) is 6.76. The van der Waals surface area contributed by atoms with Gasteiger partial charge < -0.3 is 9.47 Å². The molecule has 1 heterocycles. The van der Waals surface area contributed by atoms with Gasteiger partial charge in [-0.2, -0.15) is 0 Å². The molecule has 0 fully saturated rings. The molecule has 0 aliphatic rings. The van der Waals surface area contributed by atoms with Crippen molar-refractivity contribution in [3.63, 3.8) is 0 Å². The number of benzene rings is 3. The van der Waals surface area contributed by atoms with E-state index in [0.29, 0.717) is 29.9 Å². The summed E-state index contributed by atoms with van der Waals surface area (Å²) in [7, 11) is -4.17. The third-order valence-corrected chi connectivity index (χ3v) is 7.87. The number of halogens is 2. The molecule has 35 heavy (non-hydrogen) atoms. The van der Waals surface area contributed by atoms with Gasteiger partial charge in [0.15, 0.2) is 0 Å². The molecule has 5 nitrogen and oxygen atoms in total. The van der Waals surface area contributed by atoms with E-state index in [1.54, 1.807) is 34.9 Å². The highest BCUT2D eigenvalue weighted by Gasteiger charge is 2.25. The monoisotopic (exact) mass is 496 g/mol. The summed E-state index contributed by atoms with van der Waals surface area (Å²) in [5.74, 6) is -0.997. The lowest BCUT2D eigenvalue weighted by Crippen LogP contribution is -2.24. The van der Waals surface area contributed by atoms with Gasteiger partial charge in [-0.05, 0) is 62.7 Å². The maximum absolute atomic E-state index is 15.1. The number of aryl methyl sites for hydroxylation is 1. The van der Waals surface area contributed by atoms with E-state index in [1.807, 2.05) is 25.7 Å². The van der Waals surface area contributed by atoms with Gasteiger partial charge in [0.2, 0.25) is 15.3 Å². The molecule has 8 heteroatoms. The Morgan fingerprint density at radius 1 is 0.914 bits per heavy atom. The quantitative estimate of drug-likeness (QED) is 0.348. The summed E-state index contributed by atoms with van der Waals surface area (Å²) in [5.41, 5.74) is 1.53. The Bertz CT molecular complexity index is 1540. The minimum absolute atomic E-state index is 0.0203. The van der Waals surface area contributed by atoms with Crippen molar-refractivity contribution in [2.45, 2.75) is 37.1 Å². The molecular formula is C27H26F2N2O3S. The highest BCUT2D eigenvalue weighted by atomic mass is 32.2. The van der Waals surface area contributed by atoms with E-state index >= 15 is 4.39 Å². The Morgan fingerprint density at radius 3 is 2.14 bits per heavy atom. The van der Waals surface area contributed by atoms with E-state index in [0.717, 1.165) is 11.6 Å². The van der Waals surface area contributed by atoms with Gasteiger partial charge in [0.1, 0.15) is 16.5 Å². The topological polar surface area (TPSA) is 59.4 Å². The van der Waals surface area contributed by atoms with Crippen LogP contribution in [0, 0.1) is 18.6 Å². The average molecular weight is 497 g/mol. The fourth-order valence-electron chi connectivity index (χ4n) is 4.13. The van der Waals surface area contributed by atoms with Crippen LogP contribution in [0.1, 0.15) is 25.0 Å². The van der Waals surface area contributed by atoms with Gasteiger partial charge in [0.25, 0.3) is 0 Å². The Balaban J connectivity index is 2.01. The molecule has 0 aliphatic heterocycles. The van der Waals surface area contributed by atoms with Crippen molar-refractivity contribution in [1.82, 2.24) is 4.57 Å². The molecule has 0 unspecified atom stereocenters. The Labute approximate surface area is 203 Å². The van der Waals surface area contributed by atoms with Crippen LogP contribution in [0.25, 0.3) is 10.9 Å². The number of rotatable bonds is 7. The van der Waals surface area contributed by atoms with Crippen LogP contribution in [-0.2, 0) is 16.4 Å². The molecule has 4 aromatic rings. The van der Waals surface area contributed by atoms with E-state index in [9.17, 15) is 17.6 Å². The molecule has 0 N–H and O–H groups in total. The van der Waals surface area contributed by atoms with Gasteiger partial charge in [-0.1, -0.05) is 29.8 Å². The minimum Gasteiger partial charge on any atom is -0.370 e. The fourth-order valence-corrected chi connectivity index (χ4v) is 5.50. The molecule has 0 bridgehead atoms. The molecule has 182 valence electrons. The maximum atomic E-state index is 15.1. The lowest BCUT2D eigenvalue weighted by Gasteiger charge is -2.23. The summed E-state index contributed by atoms with van der Waals surface area (Å²) in [6, 6.07) is 14.7. The molecule has 0 spiro atoms. The van der Waals surface area contributed by atoms with Crippen molar-refractivity contribution in [2.24, 2.45) is 0 Å². The van der Waals surface area contributed by atoms with Crippen LogP contribution in [0.15, 0.2) is 81.4 Å². The Hall–Kier alpha value is -3.52. The number of anilines is 1. The Morgan fingerprint density at radius 2 is 1.54 bits per heavy atom. The minimum atomic E-state index is -4.17. The van der Waals surface area contributed by atoms with E-state index in [4.69, 9.17) is 0 Å². The number of hydrogen-bond donors (Lipinski definition) is 0. The van der Waals surface area contributed by atoms with Gasteiger partial charge in [0.05, 0.1) is 21.5 Å². The molecule has 0 amide bonds. The van der Waals surface area contributed by atoms with E-state index < -0.39 is 31.8 Å². The zero-order valence-corrected chi connectivity index (χ0v) is 20.6. The number of hydrogen-bond acceptors (Lipinski definition) is 4. The molecular weight excluding hydrogens is 470 g/mol. The molecule has 1 aromatic heterocycles. The fraction of sp³-hybridized carbons (Fsp3) is 0.222. The third-order valence-electron chi connectivity index (χ3n) is 6.11. The maximum Gasteiger partial charge on any atom is 0.211 e. The van der Waals surface area contributed by atoms with Crippen LogP contribution < -0.4 is 10.3 Å². The summed E-state index contributed by atoms with van der Waals surface area (Å²) in [5, 5.41) is -0.0336. The zero-order chi connectivity index (χ0) is 25.3. The number of nitrogens with zero attached hydrogens (tertiary/aromatic N) is 2. The highest BCUT2D eigenvalue weighted by molar-refractivity contribution is 7.91. The largest absolute Gasteiger partial charge is 0.370 e. The zero-order valence-electron chi connectivity index (χ0n) is 19.8. The summed E-state index contributed by atoms with van der Waals surface area (Å²) in [4.78, 5) is 14.8. The predicted molar refractivity (Wildman–Crippen MR) is 134 cm³/mol. The number of sulfone groups is 1. The van der Waals surface area contributed by atoms with Gasteiger partial charge in [0, 0.05) is 25.8 Å². The smallest absolute Gasteiger partial charge is 0.211 e. The van der Waals surface area contributed by atoms with Crippen molar-refractivity contribution >= 4 is 26.4 Å². The predicted octanol–water partition coefficient (Wildman–Crippen LogP) is 5.32. The van der Waals surface area contributed by atoms with Gasteiger partial charge in [-0.25, -0.2) is 17.2 Å². The van der Waals surface area contributed by atoms with E-state index in [2.05, 4.69) is 0 Å². The molecule has 0 saturated carbocycles. The van der Waals surface area contributed by atoms with E-state index in [-0.39, 0.29) is 16.8 Å². The molecule has 0 aliphatic carbocycles. The second-order valence-electron chi connectivity index (χ2n) is 8.39. The summed E-state index contributed by atoms with van der Waals surface area (Å²) in [6.45, 7) is 6.91.